The minimum absolute atomic E-state index is 0.118. The van der Waals surface area contributed by atoms with Crippen molar-refractivity contribution >= 4 is 10.0 Å². The molecule has 0 aliphatic heterocycles. The minimum Gasteiger partial charge on any atom is -0.380 e. The van der Waals surface area contributed by atoms with Gasteiger partial charge in [0.1, 0.15) is 0 Å². The van der Waals surface area contributed by atoms with Crippen LogP contribution in [0.15, 0.2) is 0 Å². The normalized spacial score (nSPS) is 11.9. The zero-order chi connectivity index (χ0) is 10.9. The van der Waals surface area contributed by atoms with E-state index in [4.69, 9.17) is 4.74 Å². The van der Waals surface area contributed by atoms with Gasteiger partial charge in [0, 0.05) is 19.7 Å². The Labute approximate surface area is 86.3 Å². The number of hydrogen-bond acceptors (Lipinski definition) is 4. The second-order valence-corrected chi connectivity index (χ2v) is 4.69. The Bertz CT molecular complexity index is 217. The van der Waals surface area contributed by atoms with Gasteiger partial charge in [-0.2, -0.15) is 0 Å². The zero-order valence-corrected chi connectivity index (χ0v) is 9.69. The average molecular weight is 224 g/mol. The van der Waals surface area contributed by atoms with E-state index < -0.39 is 10.0 Å². The average Bonchev–Trinajstić information content (AvgIpc) is 2.13. The predicted octanol–water partition coefficient (Wildman–Crippen LogP) is -0.448. The molecule has 0 saturated carbocycles. The van der Waals surface area contributed by atoms with Crippen molar-refractivity contribution < 1.29 is 13.2 Å². The number of sulfonamides is 1. The van der Waals surface area contributed by atoms with Gasteiger partial charge in [0.05, 0.1) is 12.4 Å². The van der Waals surface area contributed by atoms with Crippen LogP contribution in [0, 0.1) is 0 Å². The molecule has 86 valence electrons. The Morgan fingerprint density at radius 3 is 2.50 bits per heavy atom. The second kappa shape index (κ2) is 8.16. The smallest absolute Gasteiger partial charge is 0.212 e. The molecule has 6 heteroatoms. The van der Waals surface area contributed by atoms with Gasteiger partial charge in [-0.15, -0.1) is 0 Å². The summed E-state index contributed by atoms with van der Waals surface area (Å²) in [5.41, 5.74) is 0. The van der Waals surface area contributed by atoms with E-state index in [1.807, 2.05) is 13.8 Å². The Morgan fingerprint density at radius 2 is 1.93 bits per heavy atom. The fourth-order valence-electron chi connectivity index (χ4n) is 0.869. The molecule has 0 aromatic rings. The van der Waals surface area contributed by atoms with Gasteiger partial charge in [-0.05, 0) is 13.5 Å². The van der Waals surface area contributed by atoms with Crippen LogP contribution in [0.2, 0.25) is 0 Å². The van der Waals surface area contributed by atoms with Crippen LogP contribution in [0.5, 0.6) is 0 Å². The molecule has 5 nitrogen and oxygen atoms in total. The largest absolute Gasteiger partial charge is 0.380 e. The Morgan fingerprint density at radius 1 is 1.21 bits per heavy atom. The lowest BCUT2D eigenvalue weighted by molar-refractivity contribution is 0.153. The van der Waals surface area contributed by atoms with Crippen LogP contribution in [0.3, 0.4) is 0 Å². The third-order valence-corrected chi connectivity index (χ3v) is 2.96. The molecule has 0 spiro atoms. The maximum atomic E-state index is 11.3. The summed E-state index contributed by atoms with van der Waals surface area (Å²) in [6.45, 7) is 6.47. The quantitative estimate of drug-likeness (QED) is 0.521. The summed E-state index contributed by atoms with van der Waals surface area (Å²) in [6.07, 6.45) is 0. The van der Waals surface area contributed by atoms with Crippen molar-refractivity contribution in [2.45, 2.75) is 13.8 Å². The van der Waals surface area contributed by atoms with Crippen molar-refractivity contribution in [3.05, 3.63) is 0 Å². The Hall–Kier alpha value is -0.170. The van der Waals surface area contributed by atoms with Crippen LogP contribution in [0.4, 0.5) is 0 Å². The molecule has 0 unspecified atom stereocenters. The lowest BCUT2D eigenvalue weighted by Crippen LogP contribution is -2.33. The monoisotopic (exact) mass is 224 g/mol. The molecule has 0 fully saturated rings. The van der Waals surface area contributed by atoms with Gasteiger partial charge in [0.2, 0.25) is 10.0 Å². The molecule has 0 amide bonds. The fraction of sp³-hybridized carbons (Fsp3) is 1.00. The lowest BCUT2D eigenvalue weighted by Gasteiger charge is -2.06. The molecule has 0 aromatic heterocycles. The van der Waals surface area contributed by atoms with Crippen LogP contribution in [-0.2, 0) is 14.8 Å². The molecule has 0 atom stereocenters. The highest BCUT2D eigenvalue weighted by atomic mass is 32.2. The second-order valence-electron chi connectivity index (χ2n) is 2.76. The number of rotatable bonds is 9. The molecule has 0 heterocycles. The van der Waals surface area contributed by atoms with E-state index in [1.165, 1.54) is 0 Å². The molecule has 0 saturated heterocycles. The third-order valence-electron chi connectivity index (χ3n) is 1.57. The van der Waals surface area contributed by atoms with Crippen LogP contribution >= 0.6 is 0 Å². The maximum Gasteiger partial charge on any atom is 0.212 e. The van der Waals surface area contributed by atoms with Gasteiger partial charge >= 0.3 is 0 Å². The number of nitrogens with one attached hydrogen (secondary N) is 2. The first-order valence-corrected chi connectivity index (χ1v) is 6.53. The molecule has 0 aliphatic rings. The van der Waals surface area contributed by atoms with E-state index in [1.54, 1.807) is 0 Å². The van der Waals surface area contributed by atoms with Gasteiger partial charge in [0.25, 0.3) is 0 Å². The first-order chi connectivity index (χ1) is 6.62. The van der Waals surface area contributed by atoms with Crippen molar-refractivity contribution in [1.29, 1.82) is 0 Å². The fourth-order valence-corrected chi connectivity index (χ4v) is 1.82. The number of ether oxygens (including phenoxy) is 1. The molecule has 0 aromatic carbocycles. The van der Waals surface area contributed by atoms with Crippen molar-refractivity contribution in [3.8, 4) is 0 Å². The minimum atomic E-state index is -3.13. The highest BCUT2D eigenvalue weighted by molar-refractivity contribution is 7.89. The topological polar surface area (TPSA) is 67.4 Å². The van der Waals surface area contributed by atoms with Gasteiger partial charge < -0.3 is 10.1 Å². The van der Waals surface area contributed by atoms with Gasteiger partial charge in [-0.1, -0.05) is 6.92 Å². The molecular formula is C8H20N2O3S. The maximum absolute atomic E-state index is 11.3. The molecule has 14 heavy (non-hydrogen) atoms. The Kier molecular flexibility index (Phi) is 8.07. The SMILES string of the molecule is CCNCCS(=O)(=O)NCCOCC. The summed E-state index contributed by atoms with van der Waals surface area (Å²) in [6, 6.07) is 0. The third kappa shape index (κ3) is 8.43. The van der Waals surface area contributed by atoms with E-state index in [9.17, 15) is 8.42 Å². The van der Waals surface area contributed by atoms with Crippen LogP contribution in [0.1, 0.15) is 13.8 Å². The summed E-state index contributed by atoms with van der Waals surface area (Å²) in [5, 5.41) is 2.96. The van der Waals surface area contributed by atoms with E-state index in [-0.39, 0.29) is 5.75 Å². The van der Waals surface area contributed by atoms with Crippen molar-refractivity contribution in [1.82, 2.24) is 10.0 Å². The van der Waals surface area contributed by atoms with E-state index in [0.717, 1.165) is 6.54 Å². The van der Waals surface area contributed by atoms with Crippen molar-refractivity contribution in [2.75, 3.05) is 38.6 Å². The molecular weight excluding hydrogens is 204 g/mol. The van der Waals surface area contributed by atoms with Gasteiger partial charge in [-0.3, -0.25) is 0 Å². The van der Waals surface area contributed by atoms with Crippen LogP contribution in [0.25, 0.3) is 0 Å². The van der Waals surface area contributed by atoms with Gasteiger partial charge in [0.15, 0.2) is 0 Å². The summed E-state index contributed by atoms with van der Waals surface area (Å²) < 4.78 is 30.0. The first kappa shape index (κ1) is 13.8. The van der Waals surface area contributed by atoms with Gasteiger partial charge in [-0.25, -0.2) is 13.1 Å². The van der Waals surface area contributed by atoms with Crippen molar-refractivity contribution in [2.24, 2.45) is 0 Å². The summed E-state index contributed by atoms with van der Waals surface area (Å²) >= 11 is 0. The highest BCUT2D eigenvalue weighted by Crippen LogP contribution is 1.82. The summed E-state index contributed by atoms with van der Waals surface area (Å²) in [5.74, 6) is 0.118. The zero-order valence-electron chi connectivity index (χ0n) is 8.88. The molecule has 0 bridgehead atoms. The van der Waals surface area contributed by atoms with Crippen LogP contribution < -0.4 is 10.0 Å². The summed E-state index contributed by atoms with van der Waals surface area (Å²) in [4.78, 5) is 0. The van der Waals surface area contributed by atoms with E-state index >= 15 is 0 Å². The van der Waals surface area contributed by atoms with Crippen LogP contribution in [-0.4, -0.2) is 47.0 Å². The van der Waals surface area contributed by atoms with Crippen molar-refractivity contribution in [3.63, 3.8) is 0 Å². The standard InChI is InChI=1S/C8H20N2O3S/c1-3-9-6-8-14(11,12)10-5-7-13-4-2/h9-10H,3-8H2,1-2H3. The predicted molar refractivity (Wildman–Crippen MR) is 56.8 cm³/mol. The molecule has 0 rings (SSSR count). The first-order valence-electron chi connectivity index (χ1n) is 4.88. The molecule has 0 aliphatic carbocycles. The van der Waals surface area contributed by atoms with E-state index in [2.05, 4.69) is 10.0 Å². The van der Waals surface area contributed by atoms with E-state index in [0.29, 0.717) is 26.3 Å². The highest BCUT2D eigenvalue weighted by Gasteiger charge is 2.07. The number of hydrogen-bond donors (Lipinski definition) is 2. The molecule has 2 N–H and O–H groups in total. The molecule has 0 radical (unpaired) electrons. The lowest BCUT2D eigenvalue weighted by atomic mass is 10.7. The summed E-state index contributed by atoms with van der Waals surface area (Å²) in [7, 11) is -3.13. The Balaban J connectivity index is 3.52.